The van der Waals surface area contributed by atoms with Gasteiger partial charge < -0.3 is 14.2 Å². The van der Waals surface area contributed by atoms with Crippen LogP contribution in [0.3, 0.4) is 0 Å². The number of ether oxygens (including phenoxy) is 3. The van der Waals surface area contributed by atoms with E-state index in [4.69, 9.17) is 14.2 Å². The normalized spacial score (nSPS) is 14.7. The van der Waals surface area contributed by atoms with Gasteiger partial charge in [-0.15, -0.1) is 0 Å². The highest BCUT2D eigenvalue weighted by Gasteiger charge is 2.40. The summed E-state index contributed by atoms with van der Waals surface area (Å²) in [6, 6.07) is 60.5. The smallest absolute Gasteiger partial charge is 0.343 e. The van der Waals surface area contributed by atoms with Crippen molar-refractivity contribution in [3.05, 3.63) is 233 Å². The number of hydrogen-bond donors (Lipinski definition) is 0. The molecule has 0 unspecified atom stereocenters. The third-order valence-electron chi connectivity index (χ3n) is 10.8. The van der Waals surface area contributed by atoms with Crippen LogP contribution in [0, 0.1) is 0 Å². The van der Waals surface area contributed by atoms with Crippen molar-refractivity contribution in [2.24, 2.45) is 0 Å². The van der Waals surface area contributed by atoms with Crippen LogP contribution in [-0.4, -0.2) is 5.97 Å². The number of hydrogen-bond acceptors (Lipinski definition) is 4. The predicted octanol–water partition coefficient (Wildman–Crippen LogP) is 11.9. The second-order valence-corrected chi connectivity index (χ2v) is 13.9. The van der Waals surface area contributed by atoms with E-state index in [1.807, 2.05) is 127 Å². The fourth-order valence-electron chi connectivity index (χ4n) is 8.06. The molecule has 0 amide bonds. The van der Waals surface area contributed by atoms with Gasteiger partial charge in [0.1, 0.15) is 5.75 Å². The predicted molar refractivity (Wildman–Crippen MR) is 220 cm³/mol. The zero-order valence-corrected chi connectivity index (χ0v) is 29.8. The van der Waals surface area contributed by atoms with Crippen LogP contribution in [-0.2, 0) is 11.2 Å². The van der Waals surface area contributed by atoms with Gasteiger partial charge in [-0.25, -0.2) is 4.79 Å². The molecular formula is C51H34O4. The van der Waals surface area contributed by atoms with E-state index in [9.17, 15) is 4.79 Å². The standard InChI is InChI=1S/C51H34O4/c52-49(37-25-27-43-36(33-37)26-28-46-44(43)29-31-50(54-46,38-16-5-1-6-17-38)39-18-7-2-8-19-39)53-47-34-35-15-13-14-24-42(35)45-30-32-51(55-48(45)47,40-20-9-3-10-21-40)41-22-11-4-12-23-41/h1-34H. The lowest BCUT2D eigenvalue weighted by Crippen LogP contribution is -2.34. The van der Waals surface area contributed by atoms with Gasteiger partial charge in [0.25, 0.3) is 0 Å². The first-order valence-electron chi connectivity index (χ1n) is 18.4. The van der Waals surface area contributed by atoms with Gasteiger partial charge in [-0.05, 0) is 70.1 Å². The molecule has 0 aliphatic carbocycles. The minimum Gasteiger partial charge on any atom is -0.473 e. The number of carbonyl (C=O) groups is 1. The molecule has 8 aromatic rings. The number of benzene rings is 8. The molecule has 0 N–H and O–H groups in total. The van der Waals surface area contributed by atoms with E-state index in [0.29, 0.717) is 17.1 Å². The van der Waals surface area contributed by atoms with E-state index < -0.39 is 17.2 Å². The molecule has 2 aliphatic heterocycles. The summed E-state index contributed by atoms with van der Waals surface area (Å²) >= 11 is 0. The van der Waals surface area contributed by atoms with E-state index in [2.05, 4.69) is 78.9 Å². The highest BCUT2D eigenvalue weighted by Crippen LogP contribution is 2.49. The van der Waals surface area contributed by atoms with E-state index in [1.54, 1.807) is 0 Å². The van der Waals surface area contributed by atoms with Crippen LogP contribution in [0.5, 0.6) is 17.2 Å². The molecular weight excluding hydrogens is 677 g/mol. The summed E-state index contributed by atoms with van der Waals surface area (Å²) in [7, 11) is 0. The summed E-state index contributed by atoms with van der Waals surface area (Å²) in [4.78, 5) is 14.1. The van der Waals surface area contributed by atoms with Gasteiger partial charge in [0, 0.05) is 33.4 Å². The van der Waals surface area contributed by atoms with Gasteiger partial charge in [0.15, 0.2) is 22.7 Å². The van der Waals surface area contributed by atoms with Gasteiger partial charge >= 0.3 is 5.97 Å². The van der Waals surface area contributed by atoms with Crippen LogP contribution in [0.15, 0.2) is 194 Å². The molecule has 0 spiro atoms. The molecule has 4 nitrogen and oxygen atoms in total. The highest BCUT2D eigenvalue weighted by atomic mass is 16.6. The van der Waals surface area contributed by atoms with Gasteiger partial charge in [-0.3, -0.25) is 0 Å². The summed E-state index contributed by atoms with van der Waals surface area (Å²) in [5.41, 5.74) is 4.56. The van der Waals surface area contributed by atoms with Crippen LogP contribution in [0.25, 0.3) is 33.7 Å². The Kier molecular flexibility index (Phi) is 7.70. The van der Waals surface area contributed by atoms with Crippen LogP contribution in [0.4, 0.5) is 0 Å². The van der Waals surface area contributed by atoms with Gasteiger partial charge in [-0.1, -0.05) is 158 Å². The maximum absolute atomic E-state index is 14.1. The Hall–Kier alpha value is -7.17. The molecule has 4 heteroatoms. The van der Waals surface area contributed by atoms with Crippen molar-refractivity contribution >= 4 is 39.7 Å². The fourth-order valence-corrected chi connectivity index (χ4v) is 8.06. The Balaban J connectivity index is 1.02. The summed E-state index contributed by atoms with van der Waals surface area (Å²) in [6.07, 6.45) is 8.46. The van der Waals surface area contributed by atoms with Crippen LogP contribution in [0.1, 0.15) is 43.7 Å². The average Bonchev–Trinajstić information content (AvgIpc) is 3.27. The molecule has 0 fully saturated rings. The van der Waals surface area contributed by atoms with Gasteiger partial charge in [0.05, 0.1) is 5.56 Å². The first-order valence-corrected chi connectivity index (χ1v) is 18.4. The first kappa shape index (κ1) is 32.5. The molecule has 0 atom stereocenters. The zero-order chi connectivity index (χ0) is 36.8. The van der Waals surface area contributed by atoms with Crippen molar-refractivity contribution in [2.75, 3.05) is 0 Å². The molecule has 0 aromatic heterocycles. The van der Waals surface area contributed by atoms with Gasteiger partial charge in [0.2, 0.25) is 0 Å². The molecule has 8 aromatic carbocycles. The fraction of sp³-hybridized carbons (Fsp3) is 0.0392. The molecule has 2 aliphatic rings. The Morgan fingerprint density at radius 1 is 0.455 bits per heavy atom. The molecule has 2 heterocycles. The summed E-state index contributed by atoms with van der Waals surface area (Å²) < 4.78 is 20.3. The average molecular weight is 711 g/mol. The second-order valence-electron chi connectivity index (χ2n) is 13.9. The summed E-state index contributed by atoms with van der Waals surface area (Å²) in [6.45, 7) is 0. The highest BCUT2D eigenvalue weighted by molar-refractivity contribution is 6.02. The van der Waals surface area contributed by atoms with E-state index in [-0.39, 0.29) is 0 Å². The molecule has 0 saturated carbocycles. The van der Waals surface area contributed by atoms with Crippen LogP contribution in [0.2, 0.25) is 0 Å². The number of esters is 1. The lowest BCUT2D eigenvalue weighted by molar-refractivity contribution is 0.0717. The molecule has 0 radical (unpaired) electrons. The van der Waals surface area contributed by atoms with Gasteiger partial charge in [-0.2, -0.15) is 0 Å². The molecule has 262 valence electrons. The van der Waals surface area contributed by atoms with E-state index >= 15 is 0 Å². The molecule has 0 bridgehead atoms. The van der Waals surface area contributed by atoms with Crippen LogP contribution < -0.4 is 14.2 Å². The van der Waals surface area contributed by atoms with Crippen molar-refractivity contribution in [1.29, 1.82) is 0 Å². The van der Waals surface area contributed by atoms with Crippen molar-refractivity contribution in [1.82, 2.24) is 0 Å². The van der Waals surface area contributed by atoms with Crippen molar-refractivity contribution in [3.8, 4) is 17.2 Å². The number of rotatable bonds is 6. The topological polar surface area (TPSA) is 44.8 Å². The summed E-state index contributed by atoms with van der Waals surface area (Å²) in [5, 5.41) is 3.84. The SMILES string of the molecule is O=C(Oc1cc2ccccc2c2c1OC(c1ccccc1)(c1ccccc1)C=C2)c1ccc2c3c(ccc2c1)OC(c1ccccc1)(c1ccccc1)C=C3. The molecule has 10 rings (SSSR count). The largest absolute Gasteiger partial charge is 0.473 e. The van der Waals surface area contributed by atoms with Crippen LogP contribution >= 0.6 is 0 Å². The number of fused-ring (bicyclic) bond motifs is 6. The van der Waals surface area contributed by atoms with Crippen molar-refractivity contribution in [2.45, 2.75) is 11.2 Å². The Morgan fingerprint density at radius 3 is 1.55 bits per heavy atom. The maximum Gasteiger partial charge on any atom is 0.343 e. The second kappa shape index (κ2) is 13.0. The molecule has 0 saturated heterocycles. The quantitative estimate of drug-likeness (QED) is 0.127. The van der Waals surface area contributed by atoms with E-state index in [0.717, 1.165) is 60.7 Å². The Labute approximate surface area is 319 Å². The van der Waals surface area contributed by atoms with Crippen molar-refractivity contribution in [3.63, 3.8) is 0 Å². The molecule has 55 heavy (non-hydrogen) atoms. The lowest BCUT2D eigenvalue weighted by Gasteiger charge is -2.37. The lowest BCUT2D eigenvalue weighted by atomic mass is 9.83. The minimum absolute atomic E-state index is 0.360. The number of carbonyl (C=O) groups excluding carboxylic acids is 1. The van der Waals surface area contributed by atoms with E-state index in [1.165, 1.54) is 0 Å². The summed E-state index contributed by atoms with van der Waals surface area (Å²) in [5.74, 6) is 1.17. The van der Waals surface area contributed by atoms with Crippen molar-refractivity contribution < 1.29 is 19.0 Å². The monoisotopic (exact) mass is 710 g/mol. The zero-order valence-electron chi connectivity index (χ0n) is 29.8. The third-order valence-corrected chi connectivity index (χ3v) is 10.8. The third kappa shape index (κ3) is 5.42. The Morgan fingerprint density at radius 2 is 0.945 bits per heavy atom. The maximum atomic E-state index is 14.1. The Bertz CT molecular complexity index is 2710. The first-order chi connectivity index (χ1) is 27.1. The minimum atomic E-state index is -0.935.